The fourth-order valence-corrected chi connectivity index (χ4v) is 1.97. The van der Waals surface area contributed by atoms with E-state index in [1.54, 1.807) is 0 Å². The zero-order chi connectivity index (χ0) is 14.5. The first kappa shape index (κ1) is 14.7. The number of benzene rings is 2. The lowest BCUT2D eigenvalue weighted by molar-refractivity contribution is 0.305. The molecule has 0 unspecified atom stereocenters. The maximum Gasteiger partial charge on any atom is 0.123 e. The van der Waals surface area contributed by atoms with Crippen LogP contribution in [0.2, 0.25) is 5.02 Å². The zero-order valence-electron chi connectivity index (χ0n) is 11.5. The van der Waals surface area contributed by atoms with E-state index in [0.717, 1.165) is 11.4 Å². The van der Waals surface area contributed by atoms with E-state index in [2.05, 4.69) is 19.2 Å². The number of anilines is 1. The van der Waals surface area contributed by atoms with E-state index in [1.807, 2.05) is 24.3 Å². The van der Waals surface area contributed by atoms with Crippen molar-refractivity contribution in [1.29, 1.82) is 0 Å². The van der Waals surface area contributed by atoms with Crippen molar-refractivity contribution in [3.05, 3.63) is 58.9 Å². The minimum Gasteiger partial charge on any atom is -0.489 e. The molecule has 0 radical (unpaired) electrons. The molecule has 0 saturated heterocycles. The van der Waals surface area contributed by atoms with E-state index in [9.17, 15) is 4.39 Å². The van der Waals surface area contributed by atoms with Gasteiger partial charge in [-0.15, -0.1) is 0 Å². The topological polar surface area (TPSA) is 21.3 Å². The molecule has 0 aromatic heterocycles. The van der Waals surface area contributed by atoms with Crippen LogP contribution in [0.5, 0.6) is 5.75 Å². The predicted molar refractivity (Wildman–Crippen MR) is 80.9 cm³/mol. The summed E-state index contributed by atoms with van der Waals surface area (Å²) in [5.74, 6) is 0.407. The summed E-state index contributed by atoms with van der Waals surface area (Å²) in [4.78, 5) is 0. The van der Waals surface area contributed by atoms with Crippen molar-refractivity contribution < 1.29 is 9.13 Å². The molecule has 2 aromatic rings. The molecule has 0 heterocycles. The summed E-state index contributed by atoms with van der Waals surface area (Å²) in [5.41, 5.74) is 1.67. The summed E-state index contributed by atoms with van der Waals surface area (Å²) in [5, 5.41) is 3.80. The van der Waals surface area contributed by atoms with Crippen LogP contribution in [0.15, 0.2) is 42.5 Å². The third-order valence-corrected chi connectivity index (χ3v) is 3.08. The highest BCUT2D eigenvalue weighted by Gasteiger charge is 2.04. The van der Waals surface area contributed by atoms with Gasteiger partial charge in [-0.3, -0.25) is 0 Å². The minimum atomic E-state index is -0.315. The van der Waals surface area contributed by atoms with Gasteiger partial charge in [-0.25, -0.2) is 4.39 Å². The second-order valence-corrected chi connectivity index (χ2v) is 5.26. The Morgan fingerprint density at radius 2 is 1.85 bits per heavy atom. The van der Waals surface area contributed by atoms with Crippen molar-refractivity contribution in [3.63, 3.8) is 0 Å². The Morgan fingerprint density at radius 3 is 2.50 bits per heavy atom. The minimum absolute atomic E-state index is 0.244. The summed E-state index contributed by atoms with van der Waals surface area (Å²) in [6.07, 6.45) is 0. The van der Waals surface area contributed by atoms with Crippen molar-refractivity contribution in [2.24, 2.45) is 0 Å². The second-order valence-electron chi connectivity index (χ2n) is 4.85. The Morgan fingerprint density at radius 1 is 1.15 bits per heavy atom. The van der Waals surface area contributed by atoms with Gasteiger partial charge in [0.05, 0.1) is 0 Å². The van der Waals surface area contributed by atoms with E-state index >= 15 is 0 Å². The molecular formula is C16H17ClFNO. The van der Waals surface area contributed by atoms with Gasteiger partial charge >= 0.3 is 0 Å². The van der Waals surface area contributed by atoms with Gasteiger partial charge in [0, 0.05) is 22.3 Å². The average Bonchev–Trinajstić information content (AvgIpc) is 2.41. The number of hydrogen-bond acceptors (Lipinski definition) is 2. The summed E-state index contributed by atoms with van der Waals surface area (Å²) in [6, 6.07) is 12.3. The summed E-state index contributed by atoms with van der Waals surface area (Å²) in [7, 11) is 0. The number of hydrogen-bond donors (Lipinski definition) is 1. The standard InChI is InChI=1S/C16H17ClFNO/c1-11(2)19-14-4-6-15(7-5-14)20-10-12-9-13(18)3-8-16(12)17/h3-9,11,19H,10H2,1-2H3. The molecule has 0 atom stereocenters. The number of halogens is 2. The Balaban J connectivity index is 1.98. The third kappa shape index (κ3) is 4.14. The highest BCUT2D eigenvalue weighted by atomic mass is 35.5. The molecule has 0 fully saturated rings. The van der Waals surface area contributed by atoms with E-state index in [0.29, 0.717) is 16.6 Å². The molecule has 0 amide bonds. The van der Waals surface area contributed by atoms with Gasteiger partial charge in [-0.05, 0) is 56.3 Å². The largest absolute Gasteiger partial charge is 0.489 e. The van der Waals surface area contributed by atoms with Gasteiger partial charge in [-0.1, -0.05) is 11.6 Å². The van der Waals surface area contributed by atoms with Gasteiger partial charge in [0.15, 0.2) is 0 Å². The van der Waals surface area contributed by atoms with E-state index in [-0.39, 0.29) is 12.4 Å². The molecule has 20 heavy (non-hydrogen) atoms. The van der Waals surface area contributed by atoms with Crippen LogP contribution in [0.1, 0.15) is 19.4 Å². The highest BCUT2D eigenvalue weighted by molar-refractivity contribution is 6.31. The first-order valence-electron chi connectivity index (χ1n) is 6.48. The van der Waals surface area contributed by atoms with Crippen LogP contribution < -0.4 is 10.1 Å². The molecule has 0 spiro atoms. The van der Waals surface area contributed by atoms with Crippen LogP contribution in [0, 0.1) is 5.82 Å². The Bertz CT molecular complexity index is 569. The predicted octanol–water partition coefficient (Wildman–Crippen LogP) is 4.88. The lowest BCUT2D eigenvalue weighted by Crippen LogP contribution is -2.09. The summed E-state index contributed by atoms with van der Waals surface area (Å²) < 4.78 is 18.7. The van der Waals surface area contributed by atoms with Crippen LogP contribution in [0.25, 0.3) is 0 Å². The molecule has 0 aliphatic carbocycles. The monoisotopic (exact) mass is 293 g/mol. The lowest BCUT2D eigenvalue weighted by Gasteiger charge is -2.11. The van der Waals surface area contributed by atoms with Gasteiger partial charge in [0.2, 0.25) is 0 Å². The molecule has 0 bridgehead atoms. The van der Waals surface area contributed by atoms with Crippen molar-refractivity contribution in [1.82, 2.24) is 0 Å². The Labute approximate surface area is 123 Å². The first-order chi connectivity index (χ1) is 9.54. The second kappa shape index (κ2) is 6.62. The van der Waals surface area contributed by atoms with Crippen LogP contribution >= 0.6 is 11.6 Å². The van der Waals surface area contributed by atoms with Crippen molar-refractivity contribution in [2.75, 3.05) is 5.32 Å². The first-order valence-corrected chi connectivity index (χ1v) is 6.86. The summed E-state index contributed by atoms with van der Waals surface area (Å²) >= 11 is 5.99. The molecule has 106 valence electrons. The van der Waals surface area contributed by atoms with Crippen LogP contribution in [0.4, 0.5) is 10.1 Å². The van der Waals surface area contributed by atoms with E-state index in [4.69, 9.17) is 16.3 Å². The van der Waals surface area contributed by atoms with Crippen molar-refractivity contribution >= 4 is 17.3 Å². The maximum atomic E-state index is 13.1. The van der Waals surface area contributed by atoms with Crippen molar-refractivity contribution in [2.45, 2.75) is 26.5 Å². The highest BCUT2D eigenvalue weighted by Crippen LogP contribution is 2.21. The van der Waals surface area contributed by atoms with Crippen molar-refractivity contribution in [3.8, 4) is 5.75 Å². The van der Waals surface area contributed by atoms with E-state index < -0.39 is 0 Å². The Hall–Kier alpha value is -1.74. The Kier molecular flexibility index (Phi) is 4.85. The fraction of sp³-hybridized carbons (Fsp3) is 0.250. The number of ether oxygens (including phenoxy) is 1. The molecule has 2 rings (SSSR count). The van der Waals surface area contributed by atoms with Crippen LogP contribution in [-0.4, -0.2) is 6.04 Å². The smallest absolute Gasteiger partial charge is 0.123 e. The number of nitrogens with one attached hydrogen (secondary N) is 1. The molecule has 4 heteroatoms. The van der Waals surface area contributed by atoms with Gasteiger partial charge in [-0.2, -0.15) is 0 Å². The molecule has 2 nitrogen and oxygen atoms in total. The fourth-order valence-electron chi connectivity index (χ4n) is 1.80. The average molecular weight is 294 g/mol. The maximum absolute atomic E-state index is 13.1. The zero-order valence-corrected chi connectivity index (χ0v) is 12.2. The van der Waals surface area contributed by atoms with Gasteiger partial charge in [0.1, 0.15) is 18.2 Å². The molecular weight excluding hydrogens is 277 g/mol. The summed E-state index contributed by atoms with van der Waals surface area (Å²) in [6.45, 7) is 4.40. The normalized spacial score (nSPS) is 10.7. The quantitative estimate of drug-likeness (QED) is 0.848. The SMILES string of the molecule is CC(C)Nc1ccc(OCc2cc(F)ccc2Cl)cc1. The molecule has 0 saturated carbocycles. The molecule has 2 aromatic carbocycles. The van der Waals surface area contributed by atoms with Crippen LogP contribution in [0.3, 0.4) is 0 Å². The lowest BCUT2D eigenvalue weighted by atomic mass is 10.2. The third-order valence-electron chi connectivity index (χ3n) is 2.71. The number of rotatable bonds is 5. The molecule has 0 aliphatic rings. The van der Waals surface area contributed by atoms with E-state index in [1.165, 1.54) is 18.2 Å². The van der Waals surface area contributed by atoms with Gasteiger partial charge in [0.25, 0.3) is 0 Å². The molecule has 0 aliphatic heterocycles. The molecule has 1 N–H and O–H groups in total. The van der Waals surface area contributed by atoms with Gasteiger partial charge < -0.3 is 10.1 Å². The van der Waals surface area contributed by atoms with Crippen LogP contribution in [-0.2, 0) is 6.61 Å².